The molecule has 2 aliphatic heterocycles. The van der Waals surface area contributed by atoms with Crippen molar-refractivity contribution in [1.29, 1.82) is 0 Å². The van der Waals surface area contributed by atoms with Gasteiger partial charge in [0.15, 0.2) is 10.7 Å². The topological polar surface area (TPSA) is 60.0 Å². The molecule has 0 amide bonds. The summed E-state index contributed by atoms with van der Waals surface area (Å²) < 4.78 is 27.6. The van der Waals surface area contributed by atoms with Crippen molar-refractivity contribution < 1.29 is 13.5 Å². The Morgan fingerprint density at radius 3 is 2.65 bits per heavy atom. The van der Waals surface area contributed by atoms with Crippen LogP contribution in [0.25, 0.3) is 11.8 Å². The van der Waals surface area contributed by atoms with Gasteiger partial charge in [-0.05, 0) is 47.7 Å². The molecule has 2 aromatic heterocycles. The Balaban J connectivity index is 1.38. The van der Waals surface area contributed by atoms with Crippen molar-refractivity contribution in [3.05, 3.63) is 114 Å². The summed E-state index contributed by atoms with van der Waals surface area (Å²) in [5.41, 5.74) is 5.15. The van der Waals surface area contributed by atoms with Crippen molar-refractivity contribution in [3.8, 4) is 0 Å². The van der Waals surface area contributed by atoms with Gasteiger partial charge in [-0.1, -0.05) is 47.7 Å². The predicted molar refractivity (Wildman–Crippen MR) is 141 cm³/mol. The molecule has 6 nitrogen and oxygen atoms in total. The van der Waals surface area contributed by atoms with Gasteiger partial charge in [0.05, 0.1) is 29.5 Å². The lowest BCUT2D eigenvalue weighted by Gasteiger charge is -2.30. The maximum Gasteiger partial charge on any atom is 0.271 e. The molecule has 1 atom stereocenters. The third kappa shape index (κ3) is 3.88. The van der Waals surface area contributed by atoms with Crippen LogP contribution in [0.2, 0.25) is 0 Å². The lowest BCUT2D eigenvalue weighted by molar-refractivity contribution is 0.120. The minimum atomic E-state index is -0.331. The minimum Gasteiger partial charge on any atom is -0.441 e. The molecule has 0 bridgehead atoms. The standard InChI is InChI=1S/C29H24FN3O3S/c30-20-8-5-19(6-9-20)27-23-11-7-18-3-1-2-4-22(18)26(23)31-29-33(27)28(34)24(37-29)17-21-10-12-25(36-21)32-13-15-35-16-14-32/h1-6,8-10,12,17,27H,7,11,13-16H2/t27-/m0/s1. The van der Waals surface area contributed by atoms with E-state index in [2.05, 4.69) is 17.0 Å². The summed E-state index contributed by atoms with van der Waals surface area (Å²) in [6.07, 6.45) is 3.47. The largest absolute Gasteiger partial charge is 0.441 e. The first-order chi connectivity index (χ1) is 18.2. The molecule has 4 heterocycles. The van der Waals surface area contributed by atoms with Gasteiger partial charge in [-0.2, -0.15) is 0 Å². The zero-order chi connectivity index (χ0) is 24.9. The summed E-state index contributed by atoms with van der Waals surface area (Å²) >= 11 is 1.36. The van der Waals surface area contributed by atoms with Crippen molar-refractivity contribution >= 4 is 29.0 Å². The monoisotopic (exact) mass is 513 g/mol. The quantitative estimate of drug-likeness (QED) is 0.417. The normalized spacial score (nSPS) is 19.3. The second-order valence-corrected chi connectivity index (χ2v) is 10.4. The van der Waals surface area contributed by atoms with Gasteiger partial charge in [0.2, 0.25) is 0 Å². The number of aromatic nitrogens is 1. The lowest BCUT2D eigenvalue weighted by Crippen LogP contribution is -2.38. The smallest absolute Gasteiger partial charge is 0.271 e. The van der Waals surface area contributed by atoms with E-state index in [0.29, 0.717) is 28.3 Å². The molecular weight excluding hydrogens is 489 g/mol. The van der Waals surface area contributed by atoms with E-state index in [4.69, 9.17) is 14.1 Å². The van der Waals surface area contributed by atoms with E-state index in [0.717, 1.165) is 54.2 Å². The highest BCUT2D eigenvalue weighted by atomic mass is 32.1. The molecule has 0 radical (unpaired) electrons. The summed E-state index contributed by atoms with van der Waals surface area (Å²) in [4.78, 5) is 21.6. The number of allylic oxidation sites excluding steroid dienone is 1. The molecule has 37 heavy (non-hydrogen) atoms. The van der Waals surface area contributed by atoms with Gasteiger partial charge in [0.25, 0.3) is 5.56 Å². The average molecular weight is 514 g/mol. The molecular formula is C29H24FN3O3S. The van der Waals surface area contributed by atoms with Crippen LogP contribution in [0.1, 0.15) is 34.9 Å². The van der Waals surface area contributed by atoms with E-state index in [9.17, 15) is 9.18 Å². The van der Waals surface area contributed by atoms with Crippen LogP contribution in [0.15, 0.2) is 80.4 Å². The highest BCUT2D eigenvalue weighted by molar-refractivity contribution is 7.07. The second kappa shape index (κ2) is 8.97. The Kier molecular flexibility index (Phi) is 5.44. The Morgan fingerprint density at radius 1 is 1.00 bits per heavy atom. The van der Waals surface area contributed by atoms with Crippen LogP contribution in [-0.2, 0) is 11.2 Å². The van der Waals surface area contributed by atoms with Crippen molar-refractivity contribution in [1.82, 2.24) is 4.57 Å². The van der Waals surface area contributed by atoms with Gasteiger partial charge in [0.1, 0.15) is 11.6 Å². The number of ether oxygens (including phenoxy) is 1. The van der Waals surface area contributed by atoms with E-state index >= 15 is 0 Å². The van der Waals surface area contributed by atoms with Gasteiger partial charge >= 0.3 is 0 Å². The molecule has 0 N–H and O–H groups in total. The fourth-order valence-electron chi connectivity index (χ4n) is 5.47. The zero-order valence-electron chi connectivity index (χ0n) is 20.0. The van der Waals surface area contributed by atoms with Crippen LogP contribution >= 0.6 is 11.3 Å². The number of morpholine rings is 1. The van der Waals surface area contributed by atoms with Crippen LogP contribution in [0.3, 0.4) is 0 Å². The van der Waals surface area contributed by atoms with E-state index in [1.165, 1.54) is 29.0 Å². The summed E-state index contributed by atoms with van der Waals surface area (Å²) in [6.45, 7) is 2.90. The zero-order valence-corrected chi connectivity index (χ0v) is 20.8. The Hall–Kier alpha value is -3.75. The number of hydrogen-bond acceptors (Lipinski definition) is 6. The van der Waals surface area contributed by atoms with Crippen molar-refractivity contribution in [2.75, 3.05) is 31.2 Å². The van der Waals surface area contributed by atoms with Crippen LogP contribution in [0.4, 0.5) is 10.3 Å². The van der Waals surface area contributed by atoms with Crippen LogP contribution in [-0.4, -0.2) is 30.9 Å². The molecule has 0 saturated carbocycles. The molecule has 1 fully saturated rings. The van der Waals surface area contributed by atoms with Crippen molar-refractivity contribution in [2.45, 2.75) is 18.9 Å². The van der Waals surface area contributed by atoms with Crippen LogP contribution in [0, 0.1) is 5.82 Å². The molecule has 4 aromatic rings. The minimum absolute atomic E-state index is 0.118. The third-order valence-corrected chi connectivity index (χ3v) is 8.25. The maximum atomic E-state index is 13.8. The molecule has 3 aliphatic rings. The van der Waals surface area contributed by atoms with Gasteiger partial charge < -0.3 is 14.1 Å². The predicted octanol–water partition coefficient (Wildman–Crippen LogP) is 3.89. The first-order valence-corrected chi connectivity index (χ1v) is 13.3. The fourth-order valence-corrected chi connectivity index (χ4v) is 6.45. The number of benzene rings is 2. The van der Waals surface area contributed by atoms with E-state index < -0.39 is 0 Å². The summed E-state index contributed by atoms with van der Waals surface area (Å²) in [7, 11) is 0. The molecule has 186 valence electrons. The highest BCUT2D eigenvalue weighted by Crippen LogP contribution is 2.41. The van der Waals surface area contributed by atoms with Gasteiger partial charge in [-0.3, -0.25) is 9.36 Å². The number of aryl methyl sites for hydroxylation is 1. The van der Waals surface area contributed by atoms with Crippen LogP contribution in [0.5, 0.6) is 0 Å². The average Bonchev–Trinajstić information content (AvgIpc) is 3.53. The maximum absolute atomic E-state index is 13.8. The fraction of sp³-hybridized carbons (Fsp3) is 0.241. The number of nitrogens with zero attached hydrogens (tertiary/aromatic N) is 3. The molecule has 2 aromatic carbocycles. The number of anilines is 1. The Bertz CT molecular complexity index is 1710. The van der Waals surface area contributed by atoms with E-state index in [1.54, 1.807) is 22.8 Å². The summed E-state index contributed by atoms with van der Waals surface area (Å²) in [5, 5.41) is 0. The highest BCUT2D eigenvalue weighted by Gasteiger charge is 2.32. The second-order valence-electron chi connectivity index (χ2n) is 9.44. The first-order valence-electron chi connectivity index (χ1n) is 12.5. The number of fused-ring (bicyclic) bond motifs is 3. The Labute approximate surface area is 216 Å². The number of hydrogen-bond donors (Lipinski definition) is 0. The molecule has 7 rings (SSSR count). The van der Waals surface area contributed by atoms with Crippen molar-refractivity contribution in [2.24, 2.45) is 4.99 Å². The van der Waals surface area contributed by atoms with E-state index in [-0.39, 0.29) is 17.4 Å². The number of thiazole rings is 1. The third-order valence-electron chi connectivity index (χ3n) is 7.27. The molecule has 8 heteroatoms. The Morgan fingerprint density at radius 2 is 1.81 bits per heavy atom. The van der Waals surface area contributed by atoms with E-state index in [1.807, 2.05) is 24.3 Å². The summed E-state index contributed by atoms with van der Waals surface area (Å²) in [6, 6.07) is 18.3. The number of furan rings is 1. The van der Waals surface area contributed by atoms with Gasteiger partial charge in [0, 0.05) is 30.8 Å². The SMILES string of the molecule is O=c1c(=Cc2ccc(N3CCOCC3)o2)sc2n1[C@@H](c1ccc(F)cc1)C1=C(N=2)c2ccccc2CC1. The molecule has 0 spiro atoms. The number of rotatable bonds is 3. The molecule has 1 aliphatic carbocycles. The van der Waals surface area contributed by atoms with Crippen molar-refractivity contribution in [3.63, 3.8) is 0 Å². The number of halogens is 1. The van der Waals surface area contributed by atoms with Crippen LogP contribution < -0.4 is 19.8 Å². The first kappa shape index (κ1) is 22.4. The lowest BCUT2D eigenvalue weighted by atomic mass is 9.83. The van der Waals surface area contributed by atoms with Gasteiger partial charge in [-0.15, -0.1) is 0 Å². The molecule has 0 unspecified atom stereocenters. The molecule has 1 saturated heterocycles. The van der Waals surface area contributed by atoms with Gasteiger partial charge in [-0.25, -0.2) is 9.38 Å². The summed E-state index contributed by atoms with van der Waals surface area (Å²) in [5.74, 6) is 1.10.